The third kappa shape index (κ3) is 2.53. The van der Waals surface area contributed by atoms with Crippen LogP contribution in [0.5, 0.6) is 0 Å². The molecular weight excluding hydrogens is 304 g/mol. The van der Waals surface area contributed by atoms with E-state index in [2.05, 4.69) is 50.0 Å². The molecule has 0 amide bonds. The minimum atomic E-state index is 0.732. The molecule has 4 nitrogen and oxygen atoms in total. The predicted molar refractivity (Wildman–Crippen MR) is 93.7 cm³/mol. The molecule has 1 aromatic carbocycles. The van der Waals surface area contributed by atoms with Crippen LogP contribution >= 0.6 is 11.3 Å². The number of hydrogen-bond acceptors (Lipinski definition) is 4. The molecule has 0 bridgehead atoms. The first-order chi connectivity index (χ1) is 11.2. The molecule has 0 radical (unpaired) electrons. The quantitative estimate of drug-likeness (QED) is 0.567. The predicted octanol–water partition coefficient (Wildman–Crippen LogP) is 4.22. The maximum atomic E-state index is 4.61. The van der Waals surface area contributed by atoms with E-state index in [9.17, 15) is 0 Å². The lowest BCUT2D eigenvalue weighted by atomic mass is 10.0. The van der Waals surface area contributed by atoms with Gasteiger partial charge in [0.2, 0.25) is 0 Å². The molecular formula is C18H16N4S. The lowest BCUT2D eigenvalue weighted by molar-refractivity contribution is 0.785. The highest BCUT2D eigenvalue weighted by molar-refractivity contribution is 7.09. The van der Waals surface area contributed by atoms with Gasteiger partial charge in [-0.1, -0.05) is 12.1 Å². The zero-order valence-electron chi connectivity index (χ0n) is 13.0. The summed E-state index contributed by atoms with van der Waals surface area (Å²) in [5.74, 6) is 0.965. The van der Waals surface area contributed by atoms with Crippen molar-refractivity contribution in [1.82, 2.24) is 19.5 Å². The summed E-state index contributed by atoms with van der Waals surface area (Å²) in [4.78, 5) is 13.6. The van der Waals surface area contributed by atoms with E-state index in [1.165, 1.54) is 5.56 Å². The molecule has 0 spiro atoms. The Hall–Kier alpha value is -2.53. The lowest BCUT2D eigenvalue weighted by Gasteiger charge is -2.12. The Balaban J connectivity index is 1.86. The average Bonchev–Trinajstić information content (AvgIpc) is 3.17. The van der Waals surface area contributed by atoms with Gasteiger partial charge in [-0.25, -0.2) is 9.97 Å². The average molecular weight is 320 g/mol. The number of hydrogen-bond donors (Lipinski definition) is 0. The highest BCUT2D eigenvalue weighted by atomic mass is 32.1. The van der Waals surface area contributed by atoms with Crippen molar-refractivity contribution < 1.29 is 0 Å². The number of rotatable bonds is 3. The Labute approximate surface area is 138 Å². The summed E-state index contributed by atoms with van der Waals surface area (Å²) >= 11 is 1.68. The Morgan fingerprint density at radius 1 is 1.09 bits per heavy atom. The SMILES string of the molecule is Cc1nc(Cn2ccnc2-c2c(C)ccc3ncccc23)cs1. The van der Waals surface area contributed by atoms with E-state index in [1.807, 2.05) is 31.6 Å². The summed E-state index contributed by atoms with van der Waals surface area (Å²) in [7, 11) is 0. The van der Waals surface area contributed by atoms with Gasteiger partial charge in [0.1, 0.15) is 5.82 Å². The molecule has 0 saturated carbocycles. The second-order valence-corrected chi connectivity index (χ2v) is 6.63. The van der Waals surface area contributed by atoms with Gasteiger partial charge < -0.3 is 4.57 Å². The summed E-state index contributed by atoms with van der Waals surface area (Å²) < 4.78 is 2.16. The smallest absolute Gasteiger partial charge is 0.141 e. The number of fused-ring (bicyclic) bond motifs is 1. The van der Waals surface area contributed by atoms with Crippen molar-refractivity contribution in [3.63, 3.8) is 0 Å². The third-order valence-corrected chi connectivity index (χ3v) is 4.75. The van der Waals surface area contributed by atoms with Crippen LogP contribution in [-0.4, -0.2) is 19.5 Å². The fourth-order valence-electron chi connectivity index (χ4n) is 2.88. The van der Waals surface area contributed by atoms with Crippen LogP contribution < -0.4 is 0 Å². The molecule has 114 valence electrons. The highest BCUT2D eigenvalue weighted by Gasteiger charge is 2.14. The van der Waals surface area contributed by atoms with Gasteiger partial charge in [0.15, 0.2) is 0 Å². The van der Waals surface area contributed by atoms with Gasteiger partial charge in [0.05, 0.1) is 22.8 Å². The van der Waals surface area contributed by atoms with E-state index < -0.39 is 0 Å². The molecule has 0 fully saturated rings. The van der Waals surface area contributed by atoms with Crippen LogP contribution in [0.4, 0.5) is 0 Å². The molecule has 0 N–H and O–H groups in total. The number of imidazole rings is 1. The Bertz CT molecular complexity index is 984. The van der Waals surface area contributed by atoms with Crippen molar-refractivity contribution >= 4 is 22.2 Å². The van der Waals surface area contributed by atoms with Crippen molar-refractivity contribution in [2.45, 2.75) is 20.4 Å². The van der Waals surface area contributed by atoms with Gasteiger partial charge in [0, 0.05) is 34.9 Å². The first-order valence-corrected chi connectivity index (χ1v) is 8.37. The van der Waals surface area contributed by atoms with Gasteiger partial charge in [-0.05, 0) is 31.5 Å². The van der Waals surface area contributed by atoms with Crippen LogP contribution in [-0.2, 0) is 6.54 Å². The topological polar surface area (TPSA) is 43.6 Å². The minimum Gasteiger partial charge on any atom is -0.325 e. The molecule has 4 rings (SSSR count). The van der Waals surface area contributed by atoms with E-state index in [-0.39, 0.29) is 0 Å². The van der Waals surface area contributed by atoms with Gasteiger partial charge in [0.25, 0.3) is 0 Å². The number of aromatic nitrogens is 4. The molecule has 4 aromatic rings. The van der Waals surface area contributed by atoms with Crippen molar-refractivity contribution in [3.8, 4) is 11.4 Å². The first-order valence-electron chi connectivity index (χ1n) is 7.49. The monoisotopic (exact) mass is 320 g/mol. The summed E-state index contributed by atoms with van der Waals surface area (Å²) in [5.41, 5.74) is 4.41. The van der Waals surface area contributed by atoms with Crippen LogP contribution in [0, 0.1) is 13.8 Å². The molecule has 3 aromatic heterocycles. The minimum absolute atomic E-state index is 0.732. The molecule has 0 atom stereocenters. The van der Waals surface area contributed by atoms with Crippen LogP contribution in [0.15, 0.2) is 48.2 Å². The van der Waals surface area contributed by atoms with Crippen molar-refractivity contribution in [2.24, 2.45) is 0 Å². The van der Waals surface area contributed by atoms with E-state index in [1.54, 1.807) is 11.3 Å². The second kappa shape index (κ2) is 5.59. The van der Waals surface area contributed by atoms with Crippen molar-refractivity contribution in [1.29, 1.82) is 0 Å². The molecule has 0 aliphatic rings. The standard InChI is InChI=1S/C18H16N4S/c1-12-5-6-16-15(4-3-7-19-16)17(12)18-20-8-9-22(18)10-14-11-23-13(2)21-14/h3-9,11H,10H2,1-2H3. The van der Waals surface area contributed by atoms with Crippen LogP contribution in [0.3, 0.4) is 0 Å². The Morgan fingerprint density at radius 3 is 2.83 bits per heavy atom. The zero-order chi connectivity index (χ0) is 15.8. The van der Waals surface area contributed by atoms with Crippen molar-refractivity contribution in [2.75, 3.05) is 0 Å². The fraction of sp³-hybridized carbons (Fsp3) is 0.167. The fourth-order valence-corrected chi connectivity index (χ4v) is 3.48. The second-order valence-electron chi connectivity index (χ2n) is 5.56. The Morgan fingerprint density at radius 2 is 2.00 bits per heavy atom. The summed E-state index contributed by atoms with van der Waals surface area (Å²) in [6.45, 7) is 4.88. The number of benzene rings is 1. The molecule has 0 unspecified atom stereocenters. The van der Waals surface area contributed by atoms with Gasteiger partial charge in [-0.2, -0.15) is 0 Å². The Kier molecular flexibility index (Phi) is 3.42. The summed E-state index contributed by atoms with van der Waals surface area (Å²) in [5, 5.41) is 4.33. The molecule has 5 heteroatoms. The molecule has 0 aliphatic carbocycles. The number of pyridine rings is 1. The zero-order valence-corrected chi connectivity index (χ0v) is 13.8. The molecule has 23 heavy (non-hydrogen) atoms. The van der Waals surface area contributed by atoms with Crippen LogP contribution in [0.1, 0.15) is 16.3 Å². The number of nitrogens with zero attached hydrogens (tertiary/aromatic N) is 4. The van der Waals surface area contributed by atoms with E-state index in [0.29, 0.717) is 0 Å². The van der Waals surface area contributed by atoms with E-state index >= 15 is 0 Å². The van der Waals surface area contributed by atoms with Gasteiger partial charge in [-0.3, -0.25) is 4.98 Å². The molecule has 0 aliphatic heterocycles. The maximum absolute atomic E-state index is 4.61. The van der Waals surface area contributed by atoms with E-state index in [0.717, 1.165) is 39.5 Å². The molecule has 0 saturated heterocycles. The molecule has 3 heterocycles. The van der Waals surface area contributed by atoms with E-state index in [4.69, 9.17) is 0 Å². The number of aryl methyl sites for hydroxylation is 2. The van der Waals surface area contributed by atoms with Gasteiger partial charge in [-0.15, -0.1) is 11.3 Å². The first kappa shape index (κ1) is 14.1. The summed E-state index contributed by atoms with van der Waals surface area (Å²) in [6, 6.07) is 8.25. The van der Waals surface area contributed by atoms with Crippen molar-refractivity contribution in [3.05, 3.63) is 64.5 Å². The number of thiazole rings is 1. The lowest BCUT2D eigenvalue weighted by Crippen LogP contribution is -2.03. The third-order valence-electron chi connectivity index (χ3n) is 3.93. The van der Waals surface area contributed by atoms with Gasteiger partial charge >= 0.3 is 0 Å². The van der Waals surface area contributed by atoms with Crippen LogP contribution in [0.25, 0.3) is 22.3 Å². The van der Waals surface area contributed by atoms with Crippen LogP contribution in [0.2, 0.25) is 0 Å². The normalized spacial score (nSPS) is 11.2. The highest BCUT2D eigenvalue weighted by Crippen LogP contribution is 2.30. The maximum Gasteiger partial charge on any atom is 0.141 e. The summed E-state index contributed by atoms with van der Waals surface area (Å²) in [6.07, 6.45) is 5.69. The largest absolute Gasteiger partial charge is 0.325 e.